The normalized spacial score (nSPS) is 14.8. The molecule has 0 radical (unpaired) electrons. The maximum atomic E-state index is 13.4. The summed E-state index contributed by atoms with van der Waals surface area (Å²) in [6.45, 7) is 4.80. The van der Waals surface area contributed by atoms with E-state index in [4.69, 9.17) is 0 Å². The van der Waals surface area contributed by atoms with E-state index >= 15 is 0 Å². The number of thiophene rings is 1. The zero-order valence-corrected chi connectivity index (χ0v) is 17.7. The molecule has 0 aliphatic carbocycles. The first-order valence-electron chi connectivity index (χ1n) is 10.1. The molecule has 0 bridgehead atoms. The molecule has 1 saturated heterocycles. The summed E-state index contributed by atoms with van der Waals surface area (Å²) in [6.07, 6.45) is 0.863. The molecule has 4 rings (SSSR count). The van der Waals surface area contributed by atoms with Gasteiger partial charge in [0.1, 0.15) is 5.82 Å². The lowest BCUT2D eigenvalue weighted by Gasteiger charge is -2.34. The van der Waals surface area contributed by atoms with Crippen molar-refractivity contribution < 1.29 is 14.0 Å². The number of nitrogens with zero attached hydrogens (tertiary/aromatic N) is 2. The maximum Gasteiger partial charge on any atom is 0.264 e. The summed E-state index contributed by atoms with van der Waals surface area (Å²) in [7, 11) is 0. The third kappa shape index (κ3) is 4.52. The highest BCUT2D eigenvalue weighted by atomic mass is 32.1. The van der Waals surface area contributed by atoms with Crippen molar-refractivity contribution >= 4 is 38.9 Å². The fourth-order valence-electron chi connectivity index (χ4n) is 3.73. The van der Waals surface area contributed by atoms with Crippen molar-refractivity contribution in [1.29, 1.82) is 0 Å². The minimum absolute atomic E-state index is 0.0300. The molecule has 1 aliphatic rings. The molecule has 0 unspecified atom stereocenters. The predicted molar refractivity (Wildman–Crippen MR) is 119 cm³/mol. The van der Waals surface area contributed by atoms with Crippen molar-refractivity contribution in [2.75, 3.05) is 38.0 Å². The molecule has 30 heavy (non-hydrogen) atoms. The summed E-state index contributed by atoms with van der Waals surface area (Å²) in [5, 5.41) is 3.75. The molecule has 3 aromatic rings. The van der Waals surface area contributed by atoms with Crippen molar-refractivity contribution in [3.63, 3.8) is 0 Å². The predicted octanol–water partition coefficient (Wildman–Crippen LogP) is 4.00. The topological polar surface area (TPSA) is 52.7 Å². The largest absolute Gasteiger partial charge is 0.335 e. The molecular weight excluding hydrogens is 401 g/mol. The van der Waals surface area contributed by atoms with Gasteiger partial charge in [-0.1, -0.05) is 25.1 Å². The smallest absolute Gasteiger partial charge is 0.264 e. The van der Waals surface area contributed by atoms with Crippen LogP contribution in [-0.2, 0) is 11.2 Å². The molecular formula is C23H24FN3O2S. The van der Waals surface area contributed by atoms with Crippen molar-refractivity contribution in [3.05, 3.63) is 64.8 Å². The van der Waals surface area contributed by atoms with E-state index in [-0.39, 0.29) is 17.6 Å². The van der Waals surface area contributed by atoms with Gasteiger partial charge in [0.15, 0.2) is 0 Å². The van der Waals surface area contributed by atoms with E-state index in [0.717, 1.165) is 27.8 Å². The van der Waals surface area contributed by atoms with Crippen LogP contribution in [0, 0.1) is 5.82 Å². The summed E-state index contributed by atoms with van der Waals surface area (Å²) in [5.41, 5.74) is 1.98. The van der Waals surface area contributed by atoms with E-state index in [1.54, 1.807) is 12.1 Å². The number of carbonyl (C=O) groups excluding carboxylic acids is 2. The Kier molecular flexibility index (Phi) is 6.11. The van der Waals surface area contributed by atoms with Gasteiger partial charge < -0.3 is 10.2 Å². The Morgan fingerprint density at radius 1 is 1.07 bits per heavy atom. The van der Waals surface area contributed by atoms with Gasteiger partial charge in [-0.05, 0) is 47.7 Å². The van der Waals surface area contributed by atoms with Crippen molar-refractivity contribution in [2.24, 2.45) is 0 Å². The highest BCUT2D eigenvalue weighted by Crippen LogP contribution is 2.27. The second-order valence-electron chi connectivity index (χ2n) is 7.42. The molecule has 5 nitrogen and oxygen atoms in total. The number of hydrogen-bond donors (Lipinski definition) is 1. The van der Waals surface area contributed by atoms with Gasteiger partial charge in [0.25, 0.3) is 5.91 Å². The van der Waals surface area contributed by atoms with Crippen LogP contribution in [0.3, 0.4) is 0 Å². The van der Waals surface area contributed by atoms with Crippen molar-refractivity contribution in [2.45, 2.75) is 13.3 Å². The van der Waals surface area contributed by atoms with Gasteiger partial charge in [0, 0.05) is 36.6 Å². The molecule has 0 saturated carbocycles. The van der Waals surface area contributed by atoms with E-state index in [2.05, 4.69) is 17.1 Å². The van der Waals surface area contributed by atoms with E-state index in [0.29, 0.717) is 37.6 Å². The second kappa shape index (κ2) is 8.93. The average Bonchev–Trinajstić information content (AvgIpc) is 3.17. The van der Waals surface area contributed by atoms with Gasteiger partial charge in [-0.15, -0.1) is 11.3 Å². The number of amides is 2. The van der Waals surface area contributed by atoms with Crippen molar-refractivity contribution in [1.82, 2.24) is 9.80 Å². The Hall–Kier alpha value is -2.77. The van der Waals surface area contributed by atoms with Crippen molar-refractivity contribution in [3.8, 4) is 0 Å². The van der Waals surface area contributed by atoms with Gasteiger partial charge in [-0.3, -0.25) is 14.5 Å². The lowest BCUT2D eigenvalue weighted by molar-refractivity contribution is -0.117. The molecule has 1 N–H and O–H groups in total. The number of fused-ring (bicyclic) bond motifs is 1. The number of carbonyl (C=O) groups is 2. The average molecular weight is 426 g/mol. The Morgan fingerprint density at radius 2 is 1.83 bits per heavy atom. The van der Waals surface area contributed by atoms with Gasteiger partial charge in [0.05, 0.1) is 11.4 Å². The van der Waals surface area contributed by atoms with Crippen LogP contribution in [0.25, 0.3) is 10.1 Å². The number of anilines is 1. The van der Waals surface area contributed by atoms with Crippen LogP contribution in [0.4, 0.5) is 10.1 Å². The Balaban J connectivity index is 1.31. The minimum atomic E-state index is -0.298. The lowest BCUT2D eigenvalue weighted by atomic mass is 10.1. The molecule has 7 heteroatoms. The number of benzene rings is 2. The monoisotopic (exact) mass is 425 g/mol. The van der Waals surface area contributed by atoms with Crippen LogP contribution >= 0.6 is 11.3 Å². The maximum absolute atomic E-state index is 13.4. The third-order valence-electron chi connectivity index (χ3n) is 5.39. The SMILES string of the molecule is CCc1ccccc1NC(=O)CN1CCN(C(=O)c2cc3cc(F)ccc3s2)CC1. The van der Waals surface area contributed by atoms with Gasteiger partial charge in [0.2, 0.25) is 5.91 Å². The molecule has 1 fully saturated rings. The van der Waals surface area contributed by atoms with E-state index in [9.17, 15) is 14.0 Å². The number of aryl methyl sites for hydroxylation is 1. The first-order valence-corrected chi connectivity index (χ1v) is 10.9. The minimum Gasteiger partial charge on any atom is -0.335 e. The molecule has 2 aromatic carbocycles. The number of hydrogen-bond acceptors (Lipinski definition) is 4. The number of para-hydroxylation sites is 1. The highest BCUT2D eigenvalue weighted by molar-refractivity contribution is 7.20. The first kappa shape index (κ1) is 20.5. The zero-order chi connectivity index (χ0) is 21.1. The van der Waals surface area contributed by atoms with E-state index < -0.39 is 0 Å². The molecule has 2 heterocycles. The summed E-state index contributed by atoms with van der Waals surface area (Å²) in [4.78, 5) is 29.8. The summed E-state index contributed by atoms with van der Waals surface area (Å²) in [5.74, 6) is -0.368. The fraction of sp³-hybridized carbons (Fsp3) is 0.304. The Morgan fingerprint density at radius 3 is 2.60 bits per heavy atom. The third-order valence-corrected chi connectivity index (χ3v) is 6.49. The van der Waals surface area contributed by atoms with Crippen LogP contribution in [0.15, 0.2) is 48.5 Å². The quantitative estimate of drug-likeness (QED) is 0.672. The Bertz CT molecular complexity index is 1070. The van der Waals surface area contributed by atoms with Crippen LogP contribution in [0.5, 0.6) is 0 Å². The van der Waals surface area contributed by atoms with E-state index in [1.807, 2.05) is 29.2 Å². The zero-order valence-electron chi connectivity index (χ0n) is 16.9. The summed E-state index contributed by atoms with van der Waals surface area (Å²) < 4.78 is 14.3. The number of nitrogens with one attached hydrogen (secondary N) is 1. The fourth-order valence-corrected chi connectivity index (χ4v) is 4.74. The van der Waals surface area contributed by atoms with Crippen LogP contribution in [0.2, 0.25) is 0 Å². The van der Waals surface area contributed by atoms with Crippen LogP contribution < -0.4 is 5.32 Å². The van der Waals surface area contributed by atoms with E-state index in [1.165, 1.54) is 23.5 Å². The second-order valence-corrected chi connectivity index (χ2v) is 8.50. The summed E-state index contributed by atoms with van der Waals surface area (Å²) in [6, 6.07) is 14.2. The van der Waals surface area contributed by atoms with Crippen LogP contribution in [-0.4, -0.2) is 54.3 Å². The number of rotatable bonds is 5. The standard InChI is InChI=1S/C23H24FN3O2S/c1-2-16-5-3-4-6-19(16)25-22(28)15-26-9-11-27(12-10-26)23(29)21-14-17-13-18(24)7-8-20(17)30-21/h3-8,13-14H,2,9-12,15H2,1H3,(H,25,28). The van der Waals surface area contributed by atoms with Gasteiger partial charge in [-0.2, -0.15) is 0 Å². The molecule has 0 atom stereocenters. The molecule has 156 valence electrons. The Labute approximate surface area is 179 Å². The number of piperazine rings is 1. The van der Waals surface area contributed by atoms with Crippen LogP contribution in [0.1, 0.15) is 22.2 Å². The number of halogens is 1. The summed E-state index contributed by atoms with van der Waals surface area (Å²) >= 11 is 1.39. The molecule has 0 spiro atoms. The molecule has 2 amide bonds. The van der Waals surface area contributed by atoms with Gasteiger partial charge >= 0.3 is 0 Å². The lowest BCUT2D eigenvalue weighted by Crippen LogP contribution is -2.50. The first-order chi connectivity index (χ1) is 14.5. The molecule has 1 aliphatic heterocycles. The highest BCUT2D eigenvalue weighted by Gasteiger charge is 2.24. The van der Waals surface area contributed by atoms with Gasteiger partial charge in [-0.25, -0.2) is 4.39 Å². The molecule has 1 aromatic heterocycles.